The molecular formula is C22H19ClFN5O. The summed E-state index contributed by atoms with van der Waals surface area (Å²) in [6.45, 7) is 3.81. The molecule has 2 heterocycles. The lowest BCUT2D eigenvalue weighted by atomic mass is 10.2. The molecule has 0 saturated heterocycles. The van der Waals surface area contributed by atoms with Crippen LogP contribution in [0.1, 0.15) is 27.3 Å². The Hall–Kier alpha value is -3.45. The summed E-state index contributed by atoms with van der Waals surface area (Å²) in [5.41, 5.74) is 3.10. The molecule has 0 aliphatic heterocycles. The SMILES string of the molecule is Cc1nn(-c2ccccc2)c(C)c1C(=O)Nc1nn(Cc2ccccc2F)cc1Cl. The van der Waals surface area contributed by atoms with Crippen molar-refractivity contribution in [2.24, 2.45) is 0 Å². The van der Waals surface area contributed by atoms with Crippen molar-refractivity contribution in [1.29, 1.82) is 0 Å². The molecule has 2 aromatic carbocycles. The van der Waals surface area contributed by atoms with Gasteiger partial charge < -0.3 is 5.32 Å². The maximum absolute atomic E-state index is 13.9. The third-order valence-electron chi connectivity index (χ3n) is 4.76. The van der Waals surface area contributed by atoms with E-state index in [4.69, 9.17) is 11.6 Å². The minimum absolute atomic E-state index is 0.201. The van der Waals surface area contributed by atoms with E-state index < -0.39 is 0 Å². The Kier molecular flexibility index (Phi) is 5.37. The molecule has 0 unspecified atom stereocenters. The first-order chi connectivity index (χ1) is 14.4. The van der Waals surface area contributed by atoms with Gasteiger partial charge in [-0.05, 0) is 32.0 Å². The van der Waals surface area contributed by atoms with Crippen molar-refractivity contribution in [3.8, 4) is 5.69 Å². The van der Waals surface area contributed by atoms with Gasteiger partial charge in [-0.3, -0.25) is 9.48 Å². The molecule has 0 saturated carbocycles. The van der Waals surface area contributed by atoms with E-state index in [2.05, 4.69) is 15.5 Å². The first kappa shape index (κ1) is 19.8. The molecule has 4 aromatic rings. The standard InChI is InChI=1S/C22H19ClFN5O/c1-14-20(15(2)29(26-14)17-9-4-3-5-10-17)22(30)25-21-18(23)13-28(27-21)12-16-8-6-7-11-19(16)24/h3-11,13H,12H2,1-2H3,(H,25,27,30). The van der Waals surface area contributed by atoms with Gasteiger partial charge in [0.25, 0.3) is 5.91 Å². The Labute approximate surface area is 177 Å². The van der Waals surface area contributed by atoms with Gasteiger partial charge in [0, 0.05) is 11.8 Å². The highest BCUT2D eigenvalue weighted by molar-refractivity contribution is 6.33. The van der Waals surface area contributed by atoms with E-state index in [1.54, 1.807) is 36.0 Å². The van der Waals surface area contributed by atoms with Crippen molar-refractivity contribution in [2.75, 3.05) is 5.32 Å². The molecule has 0 fully saturated rings. The minimum Gasteiger partial charge on any atom is -0.304 e. The van der Waals surface area contributed by atoms with Crippen molar-refractivity contribution in [2.45, 2.75) is 20.4 Å². The maximum atomic E-state index is 13.9. The molecule has 0 spiro atoms. The van der Waals surface area contributed by atoms with E-state index in [1.165, 1.54) is 10.7 Å². The number of aromatic nitrogens is 4. The van der Waals surface area contributed by atoms with Crippen LogP contribution in [0.25, 0.3) is 5.69 Å². The van der Waals surface area contributed by atoms with Gasteiger partial charge in [0.2, 0.25) is 0 Å². The van der Waals surface area contributed by atoms with Crippen LogP contribution in [-0.2, 0) is 6.54 Å². The Morgan fingerprint density at radius 3 is 2.50 bits per heavy atom. The third kappa shape index (κ3) is 3.84. The maximum Gasteiger partial charge on any atom is 0.260 e. The van der Waals surface area contributed by atoms with Crippen LogP contribution in [-0.4, -0.2) is 25.5 Å². The fourth-order valence-corrected chi connectivity index (χ4v) is 3.52. The fourth-order valence-electron chi connectivity index (χ4n) is 3.33. The van der Waals surface area contributed by atoms with E-state index in [-0.39, 0.29) is 29.1 Å². The smallest absolute Gasteiger partial charge is 0.260 e. The summed E-state index contributed by atoms with van der Waals surface area (Å²) in [6, 6.07) is 16.0. The number of aryl methyl sites for hydroxylation is 1. The second kappa shape index (κ2) is 8.12. The van der Waals surface area contributed by atoms with Crippen LogP contribution in [0.3, 0.4) is 0 Å². The van der Waals surface area contributed by atoms with Gasteiger partial charge in [-0.25, -0.2) is 9.07 Å². The number of carbonyl (C=O) groups is 1. The minimum atomic E-state index is -0.356. The van der Waals surface area contributed by atoms with Crippen molar-refractivity contribution in [3.05, 3.63) is 94.1 Å². The number of hydrogen-bond donors (Lipinski definition) is 1. The van der Waals surface area contributed by atoms with Crippen LogP contribution in [0.5, 0.6) is 0 Å². The summed E-state index contributed by atoms with van der Waals surface area (Å²) in [6.07, 6.45) is 1.55. The van der Waals surface area contributed by atoms with E-state index >= 15 is 0 Å². The number of halogens is 2. The number of amides is 1. The van der Waals surface area contributed by atoms with E-state index in [1.807, 2.05) is 37.3 Å². The average Bonchev–Trinajstić information content (AvgIpc) is 3.22. The van der Waals surface area contributed by atoms with Crippen LogP contribution in [0.4, 0.5) is 10.2 Å². The number of nitrogens with one attached hydrogen (secondary N) is 1. The number of para-hydroxylation sites is 1. The Morgan fingerprint density at radius 1 is 1.07 bits per heavy atom. The number of hydrogen-bond acceptors (Lipinski definition) is 3. The Morgan fingerprint density at radius 2 is 1.77 bits per heavy atom. The largest absolute Gasteiger partial charge is 0.304 e. The second-order valence-corrected chi connectivity index (χ2v) is 7.27. The summed E-state index contributed by atoms with van der Waals surface area (Å²) in [5, 5.41) is 11.8. The van der Waals surface area contributed by atoms with Gasteiger partial charge in [-0.1, -0.05) is 48.0 Å². The topological polar surface area (TPSA) is 64.7 Å². The zero-order valence-corrected chi connectivity index (χ0v) is 17.2. The molecule has 30 heavy (non-hydrogen) atoms. The lowest BCUT2D eigenvalue weighted by Crippen LogP contribution is -2.15. The molecule has 0 aliphatic rings. The van der Waals surface area contributed by atoms with Crippen LogP contribution in [0.15, 0.2) is 60.8 Å². The summed E-state index contributed by atoms with van der Waals surface area (Å²) in [5.74, 6) is -0.469. The third-order valence-corrected chi connectivity index (χ3v) is 5.03. The number of rotatable bonds is 5. The second-order valence-electron chi connectivity index (χ2n) is 6.86. The molecular weight excluding hydrogens is 405 g/mol. The zero-order chi connectivity index (χ0) is 21.3. The molecule has 6 nitrogen and oxygen atoms in total. The lowest BCUT2D eigenvalue weighted by Gasteiger charge is -2.06. The monoisotopic (exact) mass is 423 g/mol. The van der Waals surface area contributed by atoms with Gasteiger partial charge in [0.05, 0.1) is 29.2 Å². The first-order valence-corrected chi connectivity index (χ1v) is 9.71. The molecule has 0 bridgehead atoms. The molecule has 0 atom stereocenters. The van der Waals surface area contributed by atoms with Gasteiger partial charge in [-0.2, -0.15) is 10.2 Å². The zero-order valence-electron chi connectivity index (χ0n) is 16.4. The molecule has 4 rings (SSSR count). The molecule has 8 heteroatoms. The quantitative estimate of drug-likeness (QED) is 0.502. The van der Waals surface area contributed by atoms with Crippen LogP contribution >= 0.6 is 11.6 Å². The molecule has 152 valence electrons. The summed E-state index contributed by atoms with van der Waals surface area (Å²) >= 11 is 6.25. The van der Waals surface area contributed by atoms with Crippen LogP contribution < -0.4 is 5.32 Å². The fraction of sp³-hybridized carbons (Fsp3) is 0.136. The Bertz CT molecular complexity index is 1220. The summed E-state index contributed by atoms with van der Waals surface area (Å²) in [4.78, 5) is 12.9. The van der Waals surface area contributed by atoms with E-state index in [0.29, 0.717) is 22.5 Å². The lowest BCUT2D eigenvalue weighted by molar-refractivity contribution is 0.102. The van der Waals surface area contributed by atoms with Crippen molar-refractivity contribution < 1.29 is 9.18 Å². The highest BCUT2D eigenvalue weighted by Crippen LogP contribution is 2.23. The van der Waals surface area contributed by atoms with Gasteiger partial charge in [-0.15, -0.1) is 0 Å². The number of carbonyl (C=O) groups excluding carboxylic acids is 1. The van der Waals surface area contributed by atoms with Crippen LogP contribution in [0, 0.1) is 19.7 Å². The summed E-state index contributed by atoms with van der Waals surface area (Å²) < 4.78 is 17.1. The highest BCUT2D eigenvalue weighted by Gasteiger charge is 2.21. The van der Waals surface area contributed by atoms with E-state index in [9.17, 15) is 9.18 Å². The van der Waals surface area contributed by atoms with Crippen molar-refractivity contribution >= 4 is 23.3 Å². The Balaban J connectivity index is 1.57. The molecule has 0 radical (unpaired) electrons. The normalized spacial score (nSPS) is 10.9. The van der Waals surface area contributed by atoms with Crippen molar-refractivity contribution in [3.63, 3.8) is 0 Å². The highest BCUT2D eigenvalue weighted by atomic mass is 35.5. The molecule has 1 N–H and O–H groups in total. The molecule has 1 amide bonds. The number of anilines is 1. The first-order valence-electron chi connectivity index (χ1n) is 9.33. The number of nitrogens with zero attached hydrogens (tertiary/aromatic N) is 4. The predicted octanol–water partition coefficient (Wildman–Crippen LogP) is 4.78. The van der Waals surface area contributed by atoms with Crippen molar-refractivity contribution in [1.82, 2.24) is 19.6 Å². The van der Waals surface area contributed by atoms with E-state index in [0.717, 1.165) is 5.69 Å². The molecule has 2 aromatic heterocycles. The predicted molar refractivity (Wildman–Crippen MR) is 114 cm³/mol. The van der Waals surface area contributed by atoms with Gasteiger partial charge in [0.15, 0.2) is 5.82 Å². The van der Waals surface area contributed by atoms with Gasteiger partial charge in [0.1, 0.15) is 10.8 Å². The number of benzene rings is 2. The summed E-state index contributed by atoms with van der Waals surface area (Å²) in [7, 11) is 0. The van der Waals surface area contributed by atoms with Crippen LogP contribution in [0.2, 0.25) is 5.02 Å². The average molecular weight is 424 g/mol. The molecule has 0 aliphatic carbocycles. The van der Waals surface area contributed by atoms with Gasteiger partial charge >= 0.3 is 0 Å².